The molecule has 4 nitrogen and oxygen atoms in total. The van der Waals surface area contributed by atoms with Crippen LogP contribution in [0.4, 0.5) is 0 Å². The molecule has 1 N–H and O–H groups in total. The van der Waals surface area contributed by atoms with E-state index >= 15 is 0 Å². The van der Waals surface area contributed by atoms with E-state index in [1.807, 2.05) is 18.2 Å². The summed E-state index contributed by atoms with van der Waals surface area (Å²) in [5.74, 6) is 1.92. The number of hydrogen-bond acceptors (Lipinski definition) is 4. The molecule has 0 saturated carbocycles. The Kier molecular flexibility index (Phi) is 3.14. The third-order valence-corrected chi connectivity index (χ3v) is 3.80. The van der Waals surface area contributed by atoms with Crippen LogP contribution in [0.2, 0.25) is 0 Å². The molecule has 2 unspecified atom stereocenters. The molecule has 2 aliphatic rings. The maximum Gasteiger partial charge on any atom is 0.125 e. The molecular weight excluding hydrogens is 232 g/mol. The highest BCUT2D eigenvalue weighted by atomic mass is 16.5. The number of hydrogen-bond donors (Lipinski definition) is 1. The molecule has 3 atom stereocenters. The van der Waals surface area contributed by atoms with Crippen LogP contribution in [-0.2, 0) is 4.74 Å². The zero-order valence-electron chi connectivity index (χ0n) is 10.5. The Balaban J connectivity index is 1.83. The van der Waals surface area contributed by atoms with Crippen molar-refractivity contribution in [3.8, 4) is 11.5 Å². The molecular formula is C14H18O4. The van der Waals surface area contributed by atoms with E-state index in [0.29, 0.717) is 12.3 Å². The molecule has 0 bridgehead atoms. The number of fused-ring (bicyclic) bond motifs is 1. The first-order valence-electron chi connectivity index (χ1n) is 6.38. The van der Waals surface area contributed by atoms with Gasteiger partial charge in [-0.3, -0.25) is 0 Å². The fourth-order valence-electron chi connectivity index (χ4n) is 2.71. The lowest BCUT2D eigenvalue weighted by Crippen LogP contribution is -2.33. The van der Waals surface area contributed by atoms with Crippen molar-refractivity contribution < 1.29 is 19.3 Å². The minimum atomic E-state index is -0.477. The van der Waals surface area contributed by atoms with Gasteiger partial charge in [-0.15, -0.1) is 0 Å². The summed E-state index contributed by atoms with van der Waals surface area (Å²) in [6.45, 7) is 1.54. The Hall–Kier alpha value is -1.26. The van der Waals surface area contributed by atoms with Crippen molar-refractivity contribution in [3.05, 3.63) is 23.8 Å². The zero-order chi connectivity index (χ0) is 12.5. The van der Waals surface area contributed by atoms with E-state index in [1.54, 1.807) is 7.11 Å². The van der Waals surface area contributed by atoms with Crippen molar-refractivity contribution in [2.24, 2.45) is 5.92 Å². The number of benzene rings is 1. The summed E-state index contributed by atoms with van der Waals surface area (Å²) in [4.78, 5) is 0. The van der Waals surface area contributed by atoms with Crippen LogP contribution in [0.1, 0.15) is 24.5 Å². The van der Waals surface area contributed by atoms with Crippen molar-refractivity contribution in [1.82, 2.24) is 0 Å². The summed E-state index contributed by atoms with van der Waals surface area (Å²) >= 11 is 0. The smallest absolute Gasteiger partial charge is 0.125 e. The van der Waals surface area contributed by atoms with Gasteiger partial charge in [0, 0.05) is 24.5 Å². The maximum atomic E-state index is 10.2. The molecule has 4 heteroatoms. The summed E-state index contributed by atoms with van der Waals surface area (Å²) in [7, 11) is 1.62. The molecule has 3 rings (SSSR count). The molecule has 1 aromatic carbocycles. The molecule has 18 heavy (non-hydrogen) atoms. The number of aliphatic hydroxyl groups excluding tert-OH is 1. The molecule has 2 aliphatic heterocycles. The van der Waals surface area contributed by atoms with Crippen molar-refractivity contribution in [3.63, 3.8) is 0 Å². The summed E-state index contributed by atoms with van der Waals surface area (Å²) in [5, 5.41) is 10.2. The Labute approximate surface area is 106 Å². The normalized spacial score (nSPS) is 30.7. The van der Waals surface area contributed by atoms with Gasteiger partial charge < -0.3 is 19.3 Å². The second-order valence-corrected chi connectivity index (χ2v) is 4.94. The lowest BCUT2D eigenvalue weighted by molar-refractivity contribution is 0.0300. The minimum Gasteiger partial charge on any atom is -0.497 e. The fraction of sp³-hybridized carbons (Fsp3) is 0.571. The van der Waals surface area contributed by atoms with E-state index in [0.717, 1.165) is 36.7 Å². The number of ether oxygens (including phenoxy) is 3. The largest absolute Gasteiger partial charge is 0.497 e. The van der Waals surface area contributed by atoms with Gasteiger partial charge in [0.25, 0.3) is 0 Å². The van der Waals surface area contributed by atoms with Crippen LogP contribution in [0.3, 0.4) is 0 Å². The molecule has 0 amide bonds. The summed E-state index contributed by atoms with van der Waals surface area (Å²) < 4.78 is 16.5. The summed E-state index contributed by atoms with van der Waals surface area (Å²) in [5.41, 5.74) is 0.824. The van der Waals surface area contributed by atoms with E-state index in [4.69, 9.17) is 14.2 Å². The van der Waals surface area contributed by atoms with E-state index in [2.05, 4.69) is 0 Å². The molecule has 0 spiro atoms. The Morgan fingerprint density at radius 2 is 2.28 bits per heavy atom. The van der Waals surface area contributed by atoms with Crippen molar-refractivity contribution >= 4 is 0 Å². The van der Waals surface area contributed by atoms with Gasteiger partial charge in [0.15, 0.2) is 0 Å². The van der Waals surface area contributed by atoms with Gasteiger partial charge in [-0.25, -0.2) is 0 Å². The molecule has 2 heterocycles. The minimum absolute atomic E-state index is 0.0587. The van der Waals surface area contributed by atoms with Crippen molar-refractivity contribution in [2.75, 3.05) is 20.3 Å². The molecule has 1 saturated heterocycles. The summed E-state index contributed by atoms with van der Waals surface area (Å²) in [6.07, 6.45) is 1.23. The molecule has 0 radical (unpaired) electrons. The fourth-order valence-corrected chi connectivity index (χ4v) is 2.71. The van der Waals surface area contributed by atoms with Crippen LogP contribution in [0.15, 0.2) is 18.2 Å². The standard InChI is InChI=1S/C14H18O4/c1-16-10-2-3-13-11(6-10)12(15)7-14(18-13)9-4-5-17-8-9/h2-3,6,9,12,14-15H,4-5,7-8H2,1H3/t9?,12-,14?/m0/s1. The maximum absolute atomic E-state index is 10.2. The number of methoxy groups -OCH3 is 1. The third-order valence-electron chi connectivity index (χ3n) is 3.80. The van der Waals surface area contributed by atoms with Gasteiger partial charge in [0.2, 0.25) is 0 Å². The molecule has 0 aromatic heterocycles. The molecule has 1 aromatic rings. The van der Waals surface area contributed by atoms with Gasteiger partial charge in [-0.1, -0.05) is 0 Å². The van der Waals surface area contributed by atoms with E-state index in [9.17, 15) is 5.11 Å². The first kappa shape index (κ1) is 11.8. The Bertz CT molecular complexity index is 426. The van der Waals surface area contributed by atoms with Crippen LogP contribution in [0.25, 0.3) is 0 Å². The second kappa shape index (κ2) is 4.78. The average molecular weight is 250 g/mol. The SMILES string of the molecule is COc1ccc2c(c1)[C@@H](O)CC(C1CCOC1)O2. The highest BCUT2D eigenvalue weighted by Crippen LogP contribution is 2.40. The molecule has 98 valence electrons. The summed E-state index contributed by atoms with van der Waals surface area (Å²) in [6, 6.07) is 5.58. The van der Waals surface area contributed by atoms with Crippen LogP contribution in [0, 0.1) is 5.92 Å². The highest BCUT2D eigenvalue weighted by molar-refractivity contribution is 5.43. The van der Waals surface area contributed by atoms with E-state index < -0.39 is 6.10 Å². The second-order valence-electron chi connectivity index (χ2n) is 4.94. The predicted molar refractivity (Wildman–Crippen MR) is 65.9 cm³/mol. The highest BCUT2D eigenvalue weighted by Gasteiger charge is 2.34. The predicted octanol–water partition coefficient (Wildman–Crippen LogP) is 1.92. The van der Waals surface area contributed by atoms with Crippen LogP contribution in [-0.4, -0.2) is 31.5 Å². The monoisotopic (exact) mass is 250 g/mol. The van der Waals surface area contributed by atoms with Crippen molar-refractivity contribution in [2.45, 2.75) is 25.0 Å². The first-order chi connectivity index (χ1) is 8.78. The Morgan fingerprint density at radius 3 is 3.00 bits per heavy atom. The van der Waals surface area contributed by atoms with E-state index in [1.165, 1.54) is 0 Å². The third kappa shape index (κ3) is 2.06. The lowest BCUT2D eigenvalue weighted by atomic mass is 9.91. The van der Waals surface area contributed by atoms with Gasteiger partial charge in [0.1, 0.15) is 17.6 Å². The van der Waals surface area contributed by atoms with Gasteiger partial charge in [0.05, 0.1) is 19.8 Å². The molecule has 1 fully saturated rings. The van der Waals surface area contributed by atoms with Crippen LogP contribution < -0.4 is 9.47 Å². The topological polar surface area (TPSA) is 47.9 Å². The van der Waals surface area contributed by atoms with Crippen LogP contribution in [0.5, 0.6) is 11.5 Å². The lowest BCUT2D eigenvalue weighted by Gasteiger charge is -2.32. The quantitative estimate of drug-likeness (QED) is 0.871. The average Bonchev–Trinajstić information content (AvgIpc) is 2.92. The van der Waals surface area contributed by atoms with Crippen LogP contribution >= 0.6 is 0 Å². The van der Waals surface area contributed by atoms with Crippen molar-refractivity contribution in [1.29, 1.82) is 0 Å². The molecule has 0 aliphatic carbocycles. The number of aliphatic hydroxyl groups is 1. The first-order valence-corrected chi connectivity index (χ1v) is 6.38. The Morgan fingerprint density at radius 1 is 1.39 bits per heavy atom. The van der Waals surface area contributed by atoms with E-state index in [-0.39, 0.29) is 6.10 Å². The van der Waals surface area contributed by atoms with Gasteiger partial charge >= 0.3 is 0 Å². The zero-order valence-corrected chi connectivity index (χ0v) is 10.5. The number of rotatable bonds is 2. The van der Waals surface area contributed by atoms with Gasteiger partial charge in [-0.2, -0.15) is 0 Å². The van der Waals surface area contributed by atoms with Gasteiger partial charge in [-0.05, 0) is 24.6 Å².